The molecule has 0 aliphatic heterocycles. The largest absolute Gasteiger partial charge is 0.508 e. The van der Waals surface area contributed by atoms with Crippen molar-refractivity contribution in [2.45, 2.75) is 69.6 Å². The summed E-state index contributed by atoms with van der Waals surface area (Å²) in [7, 11) is 0. The lowest BCUT2D eigenvalue weighted by atomic mass is 10.0. The molecule has 2 aromatic rings. The number of amides is 4. The number of phenols is 1. The molecule has 234 valence electrons. The quantitative estimate of drug-likeness (QED) is 0.144. The molecule has 0 bridgehead atoms. The van der Waals surface area contributed by atoms with Crippen LogP contribution in [0, 0.1) is 0 Å². The third kappa shape index (κ3) is 12.9. The van der Waals surface area contributed by atoms with Gasteiger partial charge in [-0.3, -0.25) is 19.2 Å². The number of rotatable bonds is 16. The molecule has 4 amide bonds. The van der Waals surface area contributed by atoms with E-state index in [1.54, 1.807) is 42.5 Å². The van der Waals surface area contributed by atoms with Gasteiger partial charge in [0, 0.05) is 12.8 Å². The van der Waals surface area contributed by atoms with E-state index < -0.39 is 79.1 Å². The summed E-state index contributed by atoms with van der Waals surface area (Å²) in [5, 5.41) is 28.2. The molecule has 0 spiro atoms. The summed E-state index contributed by atoms with van der Waals surface area (Å²) in [5.41, 5.74) is 7.24. The molecule has 0 aliphatic carbocycles. The summed E-state index contributed by atoms with van der Waals surface area (Å²) in [5.74, 6) is -7.61. The minimum Gasteiger partial charge on any atom is -0.508 e. The molecule has 0 saturated heterocycles. The van der Waals surface area contributed by atoms with Gasteiger partial charge in [0.1, 0.15) is 23.9 Å². The van der Waals surface area contributed by atoms with Gasteiger partial charge >= 0.3 is 5.97 Å². The minimum atomic E-state index is -3.14. The maximum atomic E-state index is 13.3. The molecule has 2 aromatic carbocycles. The normalized spacial score (nSPS) is 14.0. The number of aromatic hydroxyl groups is 1. The number of aliphatic carboxylic acids is 1. The molecular formula is C29H37F2N5O7. The van der Waals surface area contributed by atoms with Gasteiger partial charge in [-0.2, -0.15) is 0 Å². The number of nitrogens with one attached hydrogen (secondary N) is 4. The van der Waals surface area contributed by atoms with Gasteiger partial charge in [-0.15, -0.1) is 0 Å². The second-order valence-corrected chi connectivity index (χ2v) is 10.2. The van der Waals surface area contributed by atoms with E-state index >= 15 is 0 Å². The number of alkyl halides is 2. The van der Waals surface area contributed by atoms with Crippen molar-refractivity contribution in [2.24, 2.45) is 5.73 Å². The Labute approximate surface area is 247 Å². The van der Waals surface area contributed by atoms with Crippen LogP contribution >= 0.6 is 0 Å². The maximum Gasteiger partial charge on any atom is 0.326 e. The van der Waals surface area contributed by atoms with Gasteiger partial charge in [0.2, 0.25) is 29.6 Å². The number of carboxylic acids is 1. The fourth-order valence-electron chi connectivity index (χ4n) is 3.92. The van der Waals surface area contributed by atoms with Gasteiger partial charge in [-0.25, -0.2) is 13.6 Å². The molecule has 0 aliphatic rings. The van der Waals surface area contributed by atoms with Crippen molar-refractivity contribution < 1.29 is 43.0 Å². The first-order chi connectivity index (χ1) is 20.1. The Bertz CT molecular complexity index is 1260. The fraction of sp³-hybridized carbons (Fsp3) is 0.414. The monoisotopic (exact) mass is 605 g/mol. The number of phenolic OH excluding ortho intramolecular Hbond substituents is 1. The molecule has 12 nitrogen and oxygen atoms in total. The number of carbonyl (C=O) groups excluding carboxylic acids is 4. The van der Waals surface area contributed by atoms with Crippen LogP contribution in [0.2, 0.25) is 0 Å². The molecule has 14 heteroatoms. The van der Waals surface area contributed by atoms with E-state index in [1.807, 2.05) is 0 Å². The Morgan fingerprint density at radius 2 is 1.44 bits per heavy atom. The van der Waals surface area contributed by atoms with Crippen LogP contribution < -0.4 is 27.0 Å². The van der Waals surface area contributed by atoms with Gasteiger partial charge in [0.15, 0.2) is 0 Å². The lowest BCUT2D eigenvalue weighted by Gasteiger charge is -2.23. The smallest absolute Gasteiger partial charge is 0.326 e. The minimum absolute atomic E-state index is 0.0476. The van der Waals surface area contributed by atoms with E-state index in [0.29, 0.717) is 18.1 Å². The van der Waals surface area contributed by atoms with E-state index in [1.165, 1.54) is 19.1 Å². The summed E-state index contributed by atoms with van der Waals surface area (Å²) in [4.78, 5) is 62.1. The highest BCUT2D eigenvalue weighted by Gasteiger charge is 2.30. The van der Waals surface area contributed by atoms with Crippen LogP contribution in [-0.4, -0.2) is 76.4 Å². The lowest BCUT2D eigenvalue weighted by Crippen LogP contribution is -2.55. The molecule has 0 radical (unpaired) electrons. The second kappa shape index (κ2) is 16.2. The summed E-state index contributed by atoms with van der Waals surface area (Å²) >= 11 is 0. The molecule has 2 rings (SSSR count). The van der Waals surface area contributed by atoms with Gasteiger partial charge < -0.3 is 37.2 Å². The molecule has 0 heterocycles. The van der Waals surface area contributed by atoms with Crippen molar-refractivity contribution in [3.63, 3.8) is 0 Å². The molecular weight excluding hydrogens is 568 g/mol. The number of carbonyl (C=O) groups is 5. The summed E-state index contributed by atoms with van der Waals surface area (Å²) in [6, 6.07) is 9.64. The molecule has 43 heavy (non-hydrogen) atoms. The van der Waals surface area contributed by atoms with E-state index in [2.05, 4.69) is 21.3 Å². The van der Waals surface area contributed by atoms with Crippen LogP contribution in [0.1, 0.15) is 37.8 Å². The fourth-order valence-corrected chi connectivity index (χ4v) is 3.92. The first kappa shape index (κ1) is 34.6. The average molecular weight is 606 g/mol. The summed E-state index contributed by atoms with van der Waals surface area (Å²) in [6.45, 7) is 1.44. The van der Waals surface area contributed by atoms with Crippen LogP contribution in [-0.2, 0) is 36.8 Å². The van der Waals surface area contributed by atoms with Crippen molar-refractivity contribution in [1.82, 2.24) is 21.3 Å². The third-order valence-electron chi connectivity index (χ3n) is 6.32. The Hall–Kier alpha value is -4.59. The number of nitrogens with two attached hydrogens (primary N) is 1. The van der Waals surface area contributed by atoms with E-state index in [4.69, 9.17) is 5.73 Å². The van der Waals surface area contributed by atoms with Gasteiger partial charge in [0.25, 0.3) is 0 Å². The second-order valence-electron chi connectivity index (χ2n) is 10.2. The Morgan fingerprint density at radius 3 is 2.02 bits per heavy atom. The van der Waals surface area contributed by atoms with Crippen molar-refractivity contribution in [2.75, 3.05) is 6.54 Å². The summed E-state index contributed by atoms with van der Waals surface area (Å²) in [6.07, 6.45) is -1.21. The van der Waals surface area contributed by atoms with Crippen molar-refractivity contribution in [3.8, 4) is 5.75 Å². The molecule has 4 atom stereocenters. The van der Waals surface area contributed by atoms with E-state index in [9.17, 15) is 43.0 Å². The molecule has 8 N–H and O–H groups in total. The standard InChI is InChI=1S/C29H37F2N5O7/c1-17(34-26(40)21(32)14-19-8-10-20(37)11-9-19)25(39)33-16-24(38)35-23(15-18-6-4-3-5-7-18)27(41)36-22(28(42)43)12-13-29(2,30)31/h3-11,17,21-23,37H,12-16,32H2,1-2H3,(H,33,39)(H,34,40)(H,35,38)(H,36,41)(H,42,43)/t17-,21+,22+,23+/m1/s1. The first-order valence-corrected chi connectivity index (χ1v) is 13.5. The zero-order valence-corrected chi connectivity index (χ0v) is 23.8. The predicted octanol–water partition coefficient (Wildman–Crippen LogP) is 0.615. The Balaban J connectivity index is 1.96. The van der Waals surface area contributed by atoms with Crippen molar-refractivity contribution >= 4 is 29.6 Å². The van der Waals surface area contributed by atoms with Crippen LogP contribution in [0.4, 0.5) is 8.78 Å². The molecule has 0 saturated carbocycles. The van der Waals surface area contributed by atoms with E-state index in [-0.39, 0.29) is 18.6 Å². The highest BCUT2D eigenvalue weighted by atomic mass is 19.3. The topological polar surface area (TPSA) is 200 Å². The number of benzene rings is 2. The summed E-state index contributed by atoms with van der Waals surface area (Å²) < 4.78 is 26.6. The van der Waals surface area contributed by atoms with Crippen LogP contribution in [0.15, 0.2) is 54.6 Å². The van der Waals surface area contributed by atoms with E-state index in [0.717, 1.165) is 0 Å². The van der Waals surface area contributed by atoms with Crippen molar-refractivity contribution in [3.05, 3.63) is 65.7 Å². The van der Waals surface area contributed by atoms with Crippen LogP contribution in [0.5, 0.6) is 5.75 Å². The number of halogens is 2. The SMILES string of the molecule is C[C@@H](NC(=O)[C@@H](N)Cc1ccc(O)cc1)C(=O)NCC(=O)N[C@@H](Cc1ccccc1)C(=O)N[C@@H](CCC(C)(F)F)C(=O)O. The van der Waals surface area contributed by atoms with Gasteiger partial charge in [0.05, 0.1) is 12.6 Å². The maximum absolute atomic E-state index is 13.3. The van der Waals surface area contributed by atoms with Gasteiger partial charge in [-0.05, 0) is 49.9 Å². The average Bonchev–Trinajstić information content (AvgIpc) is 2.94. The lowest BCUT2D eigenvalue weighted by molar-refractivity contribution is -0.143. The highest BCUT2D eigenvalue weighted by Crippen LogP contribution is 2.20. The molecule has 0 unspecified atom stereocenters. The molecule has 0 fully saturated rings. The Morgan fingerprint density at radius 1 is 0.837 bits per heavy atom. The predicted molar refractivity (Wildman–Crippen MR) is 152 cm³/mol. The van der Waals surface area contributed by atoms with Crippen LogP contribution in [0.3, 0.4) is 0 Å². The van der Waals surface area contributed by atoms with Crippen LogP contribution in [0.25, 0.3) is 0 Å². The first-order valence-electron chi connectivity index (χ1n) is 13.5. The number of hydrogen-bond donors (Lipinski definition) is 7. The van der Waals surface area contributed by atoms with Crippen molar-refractivity contribution in [1.29, 1.82) is 0 Å². The number of hydrogen-bond acceptors (Lipinski definition) is 7. The third-order valence-corrected chi connectivity index (χ3v) is 6.32. The Kier molecular flexibility index (Phi) is 13.0. The van der Waals surface area contributed by atoms with Gasteiger partial charge in [-0.1, -0.05) is 42.5 Å². The number of carboxylic acid groups (broad SMARTS) is 1. The molecule has 0 aromatic heterocycles. The zero-order chi connectivity index (χ0) is 32.2. The zero-order valence-electron chi connectivity index (χ0n) is 23.8. The highest BCUT2D eigenvalue weighted by molar-refractivity contribution is 5.94.